The van der Waals surface area contributed by atoms with Crippen molar-refractivity contribution in [1.82, 2.24) is 20.5 Å². The van der Waals surface area contributed by atoms with Crippen molar-refractivity contribution in [2.45, 2.75) is 26.2 Å². The van der Waals surface area contributed by atoms with E-state index in [9.17, 15) is 14.4 Å². The highest BCUT2D eigenvalue weighted by atomic mass is 32.1. The maximum Gasteiger partial charge on any atom is 0.321 e. The number of urea groups is 1. The van der Waals surface area contributed by atoms with Crippen LogP contribution in [0.2, 0.25) is 0 Å². The molecule has 30 heavy (non-hydrogen) atoms. The fourth-order valence-electron chi connectivity index (χ4n) is 3.42. The fraction of sp³-hybridized carbons (Fsp3) is 0.429. The number of hydrogen-bond acceptors (Lipinski definition) is 6. The van der Waals surface area contributed by atoms with Crippen LogP contribution in [0, 0.1) is 12.8 Å². The number of carbonyl (C=O) groups excluding carboxylic acids is 3. The Labute approximate surface area is 180 Å². The van der Waals surface area contributed by atoms with Crippen LogP contribution in [0.3, 0.4) is 0 Å². The summed E-state index contributed by atoms with van der Waals surface area (Å²) < 4.78 is 0. The molecule has 3 N–H and O–H groups in total. The number of aromatic nitrogens is 1. The highest BCUT2D eigenvalue weighted by Gasteiger charge is 2.27. The summed E-state index contributed by atoms with van der Waals surface area (Å²) in [6, 6.07) is 8.96. The van der Waals surface area contributed by atoms with Crippen LogP contribution >= 0.6 is 11.3 Å². The van der Waals surface area contributed by atoms with Gasteiger partial charge in [-0.25, -0.2) is 9.78 Å². The molecule has 0 spiro atoms. The van der Waals surface area contributed by atoms with E-state index in [-0.39, 0.29) is 24.3 Å². The Morgan fingerprint density at radius 2 is 2.10 bits per heavy atom. The number of thiophene rings is 1. The molecule has 1 atom stereocenters. The molecule has 9 heteroatoms. The van der Waals surface area contributed by atoms with E-state index < -0.39 is 6.03 Å². The Hall–Kier alpha value is -2.78. The van der Waals surface area contributed by atoms with Crippen LogP contribution in [-0.2, 0) is 16.0 Å². The first-order valence-electron chi connectivity index (χ1n) is 10.1. The van der Waals surface area contributed by atoms with Crippen molar-refractivity contribution in [3.05, 3.63) is 46.3 Å². The minimum absolute atomic E-state index is 0.0881. The average molecular weight is 430 g/mol. The SMILES string of the molecule is Cc1cccc(NC(=O)[C@H]2CCCN(CC(=O)NC(=O)NCCc3cccs3)C2)n1. The summed E-state index contributed by atoms with van der Waals surface area (Å²) in [5, 5.41) is 9.90. The van der Waals surface area contributed by atoms with Gasteiger partial charge in [0.2, 0.25) is 11.8 Å². The fourth-order valence-corrected chi connectivity index (χ4v) is 4.13. The molecule has 2 aromatic rings. The summed E-state index contributed by atoms with van der Waals surface area (Å²) in [4.78, 5) is 44.0. The highest BCUT2D eigenvalue weighted by Crippen LogP contribution is 2.18. The standard InChI is InChI=1S/C21H27N5O3S/c1-15-5-2-8-18(23-15)24-20(28)16-6-3-11-26(13-16)14-19(27)25-21(29)22-10-9-17-7-4-12-30-17/h2,4-5,7-8,12,16H,3,6,9-11,13-14H2,1H3,(H,23,24,28)(H2,22,25,27,29)/t16-/m0/s1. The second-order valence-corrected chi connectivity index (χ2v) is 8.39. The minimum Gasteiger partial charge on any atom is -0.337 e. The van der Waals surface area contributed by atoms with E-state index in [1.54, 1.807) is 17.4 Å². The van der Waals surface area contributed by atoms with E-state index in [0.29, 0.717) is 18.9 Å². The predicted molar refractivity (Wildman–Crippen MR) is 116 cm³/mol. The number of nitrogens with one attached hydrogen (secondary N) is 3. The first-order valence-corrected chi connectivity index (χ1v) is 10.9. The molecule has 0 radical (unpaired) electrons. The van der Waals surface area contributed by atoms with Gasteiger partial charge in [0.05, 0.1) is 12.5 Å². The molecule has 0 bridgehead atoms. The van der Waals surface area contributed by atoms with Gasteiger partial charge >= 0.3 is 6.03 Å². The van der Waals surface area contributed by atoms with Gasteiger partial charge < -0.3 is 10.6 Å². The van der Waals surface area contributed by atoms with Crippen LogP contribution < -0.4 is 16.0 Å². The van der Waals surface area contributed by atoms with E-state index >= 15 is 0 Å². The quantitative estimate of drug-likeness (QED) is 0.626. The van der Waals surface area contributed by atoms with Crippen molar-refractivity contribution in [2.75, 3.05) is 31.5 Å². The number of rotatable bonds is 7. The van der Waals surface area contributed by atoms with Gasteiger partial charge in [-0.1, -0.05) is 12.1 Å². The van der Waals surface area contributed by atoms with Gasteiger partial charge in [0, 0.05) is 23.7 Å². The number of anilines is 1. The Kier molecular flexibility index (Phi) is 7.92. The molecule has 0 unspecified atom stereocenters. The Morgan fingerprint density at radius 1 is 1.23 bits per heavy atom. The zero-order chi connectivity index (χ0) is 21.3. The van der Waals surface area contributed by atoms with Crippen LogP contribution in [-0.4, -0.2) is 53.9 Å². The van der Waals surface area contributed by atoms with Crippen LogP contribution in [0.1, 0.15) is 23.4 Å². The van der Waals surface area contributed by atoms with Gasteiger partial charge in [0.1, 0.15) is 5.82 Å². The molecule has 4 amide bonds. The third kappa shape index (κ3) is 6.93. The molecule has 2 aromatic heterocycles. The molecule has 3 heterocycles. The van der Waals surface area contributed by atoms with E-state index in [4.69, 9.17) is 0 Å². The Bertz CT molecular complexity index is 871. The molecule has 0 aromatic carbocycles. The topological polar surface area (TPSA) is 103 Å². The lowest BCUT2D eigenvalue weighted by Crippen LogP contribution is -2.48. The molecular weight excluding hydrogens is 402 g/mol. The van der Waals surface area contributed by atoms with Crippen LogP contribution in [0.15, 0.2) is 35.7 Å². The summed E-state index contributed by atoms with van der Waals surface area (Å²) in [5.41, 5.74) is 0.836. The predicted octanol–water partition coefficient (Wildman–Crippen LogP) is 2.17. The number of aryl methyl sites for hydroxylation is 1. The Balaban J connectivity index is 1.39. The highest BCUT2D eigenvalue weighted by molar-refractivity contribution is 7.09. The molecule has 1 fully saturated rings. The van der Waals surface area contributed by atoms with Crippen molar-refractivity contribution >= 4 is 35.0 Å². The van der Waals surface area contributed by atoms with Gasteiger partial charge in [0.25, 0.3) is 0 Å². The lowest BCUT2D eigenvalue weighted by molar-refractivity contribution is -0.125. The monoisotopic (exact) mass is 429 g/mol. The smallest absolute Gasteiger partial charge is 0.321 e. The minimum atomic E-state index is -0.492. The number of imide groups is 1. The number of amides is 4. The molecule has 160 valence electrons. The van der Waals surface area contributed by atoms with Crippen molar-refractivity contribution < 1.29 is 14.4 Å². The molecule has 3 rings (SSSR count). The zero-order valence-electron chi connectivity index (χ0n) is 17.0. The summed E-state index contributed by atoms with van der Waals surface area (Å²) in [5.74, 6) is -0.142. The molecule has 0 aliphatic carbocycles. The van der Waals surface area contributed by atoms with Crippen LogP contribution in [0.5, 0.6) is 0 Å². The second kappa shape index (κ2) is 10.8. The first-order chi connectivity index (χ1) is 14.5. The number of likely N-dealkylation sites (tertiary alicyclic amines) is 1. The molecule has 1 aliphatic heterocycles. The van der Waals surface area contributed by atoms with Crippen LogP contribution in [0.25, 0.3) is 0 Å². The van der Waals surface area contributed by atoms with Crippen molar-refractivity contribution in [3.8, 4) is 0 Å². The van der Waals surface area contributed by atoms with Crippen LogP contribution in [0.4, 0.5) is 10.6 Å². The lowest BCUT2D eigenvalue weighted by Gasteiger charge is -2.31. The normalized spacial score (nSPS) is 16.6. The first kappa shape index (κ1) is 21.9. The number of carbonyl (C=O) groups is 3. The lowest BCUT2D eigenvalue weighted by atomic mass is 9.97. The van der Waals surface area contributed by atoms with Gasteiger partial charge in [-0.15, -0.1) is 11.3 Å². The van der Waals surface area contributed by atoms with Crippen molar-refractivity contribution in [3.63, 3.8) is 0 Å². The maximum absolute atomic E-state index is 12.6. The van der Waals surface area contributed by atoms with E-state index in [2.05, 4.69) is 20.9 Å². The van der Waals surface area contributed by atoms with Crippen molar-refractivity contribution in [2.24, 2.45) is 5.92 Å². The molecule has 1 aliphatic rings. The maximum atomic E-state index is 12.6. The average Bonchev–Trinajstić information content (AvgIpc) is 3.21. The van der Waals surface area contributed by atoms with Crippen molar-refractivity contribution in [1.29, 1.82) is 0 Å². The summed E-state index contributed by atoms with van der Waals surface area (Å²) in [6.45, 7) is 3.63. The van der Waals surface area contributed by atoms with Gasteiger partial charge in [0.15, 0.2) is 0 Å². The van der Waals surface area contributed by atoms with Gasteiger partial charge in [-0.05, 0) is 56.3 Å². The second-order valence-electron chi connectivity index (χ2n) is 7.36. The molecule has 0 saturated carbocycles. The molecule has 8 nitrogen and oxygen atoms in total. The summed E-state index contributed by atoms with van der Waals surface area (Å²) in [7, 11) is 0. The Morgan fingerprint density at radius 3 is 2.87 bits per heavy atom. The number of piperidine rings is 1. The van der Waals surface area contributed by atoms with E-state index in [1.807, 2.05) is 41.5 Å². The molecular formula is C21H27N5O3S. The number of nitrogens with zero attached hydrogens (tertiary/aromatic N) is 2. The molecule has 1 saturated heterocycles. The zero-order valence-corrected chi connectivity index (χ0v) is 17.8. The van der Waals surface area contributed by atoms with E-state index in [1.165, 1.54) is 4.88 Å². The summed E-state index contributed by atoms with van der Waals surface area (Å²) in [6.07, 6.45) is 2.32. The largest absolute Gasteiger partial charge is 0.337 e. The van der Waals surface area contributed by atoms with Gasteiger partial charge in [-0.2, -0.15) is 0 Å². The van der Waals surface area contributed by atoms with E-state index in [0.717, 1.165) is 31.5 Å². The third-order valence-electron chi connectivity index (χ3n) is 4.87. The summed E-state index contributed by atoms with van der Waals surface area (Å²) >= 11 is 1.63. The number of hydrogen-bond donors (Lipinski definition) is 3. The third-order valence-corrected chi connectivity index (χ3v) is 5.81. The number of pyridine rings is 1. The van der Waals surface area contributed by atoms with Gasteiger partial charge in [-0.3, -0.25) is 19.8 Å².